The van der Waals surface area contributed by atoms with Crippen LogP contribution >= 0.6 is 0 Å². The average Bonchev–Trinajstić information content (AvgIpc) is 2.67. The summed E-state index contributed by atoms with van der Waals surface area (Å²) in [5.74, 6) is 0. The minimum Gasteiger partial charge on any atom is -0.353 e. The van der Waals surface area contributed by atoms with Crippen LogP contribution in [-0.4, -0.2) is 39.0 Å². The van der Waals surface area contributed by atoms with Gasteiger partial charge in [-0.15, -0.1) is 0 Å². The predicted octanol–water partition coefficient (Wildman–Crippen LogP) is 1.54. The Kier molecular flexibility index (Phi) is 6.10. The molecule has 0 amide bonds. The summed E-state index contributed by atoms with van der Waals surface area (Å²) >= 11 is 0. The summed E-state index contributed by atoms with van der Waals surface area (Å²) in [6, 6.07) is 0. The van der Waals surface area contributed by atoms with Gasteiger partial charge in [-0.2, -0.15) is 0 Å². The van der Waals surface area contributed by atoms with Gasteiger partial charge in [0.05, 0.1) is 13.2 Å². The van der Waals surface area contributed by atoms with Crippen LogP contribution in [0.3, 0.4) is 0 Å². The first-order valence-corrected chi connectivity index (χ1v) is 5.33. The van der Waals surface area contributed by atoms with Crippen LogP contribution in [0.15, 0.2) is 0 Å². The summed E-state index contributed by atoms with van der Waals surface area (Å²) in [6.07, 6.45) is 1.49. The van der Waals surface area contributed by atoms with Crippen LogP contribution in [-0.2, 0) is 18.9 Å². The molecule has 1 saturated heterocycles. The molecule has 0 saturated carbocycles. The SMILES string of the molecule is CCOC(CCC1OCCO1)OCC. The second-order valence-electron chi connectivity index (χ2n) is 3.09. The predicted molar refractivity (Wildman–Crippen MR) is 52.0 cm³/mol. The second kappa shape index (κ2) is 7.17. The molecule has 84 valence electrons. The van der Waals surface area contributed by atoms with E-state index in [1.54, 1.807) is 0 Å². The van der Waals surface area contributed by atoms with E-state index in [2.05, 4.69) is 0 Å². The molecule has 1 aliphatic heterocycles. The van der Waals surface area contributed by atoms with Crippen molar-refractivity contribution >= 4 is 0 Å². The summed E-state index contributed by atoms with van der Waals surface area (Å²) in [6.45, 7) is 6.70. The highest BCUT2D eigenvalue weighted by atomic mass is 16.7. The highest BCUT2D eigenvalue weighted by Crippen LogP contribution is 2.13. The molecule has 0 radical (unpaired) electrons. The van der Waals surface area contributed by atoms with E-state index in [1.807, 2.05) is 13.8 Å². The third-order valence-corrected chi connectivity index (χ3v) is 2.03. The van der Waals surface area contributed by atoms with Gasteiger partial charge in [-0.25, -0.2) is 0 Å². The van der Waals surface area contributed by atoms with Crippen molar-refractivity contribution in [1.82, 2.24) is 0 Å². The number of hydrogen-bond acceptors (Lipinski definition) is 4. The third kappa shape index (κ3) is 4.37. The van der Waals surface area contributed by atoms with E-state index in [9.17, 15) is 0 Å². The molecule has 0 unspecified atom stereocenters. The van der Waals surface area contributed by atoms with Crippen LogP contribution in [0, 0.1) is 0 Å². The lowest BCUT2D eigenvalue weighted by molar-refractivity contribution is -0.151. The van der Waals surface area contributed by atoms with Crippen LogP contribution in [0.5, 0.6) is 0 Å². The monoisotopic (exact) mass is 204 g/mol. The molecule has 1 rings (SSSR count). The molecule has 1 fully saturated rings. The zero-order chi connectivity index (χ0) is 10.2. The first-order chi connectivity index (χ1) is 6.86. The smallest absolute Gasteiger partial charge is 0.157 e. The van der Waals surface area contributed by atoms with Crippen LogP contribution in [0.25, 0.3) is 0 Å². The van der Waals surface area contributed by atoms with Gasteiger partial charge in [0.15, 0.2) is 12.6 Å². The lowest BCUT2D eigenvalue weighted by atomic mass is 10.3. The van der Waals surface area contributed by atoms with Crippen molar-refractivity contribution in [3.63, 3.8) is 0 Å². The summed E-state index contributed by atoms with van der Waals surface area (Å²) in [4.78, 5) is 0. The first kappa shape index (κ1) is 11.9. The van der Waals surface area contributed by atoms with Crippen LogP contribution in [0.2, 0.25) is 0 Å². The van der Waals surface area contributed by atoms with Crippen molar-refractivity contribution < 1.29 is 18.9 Å². The Morgan fingerprint density at radius 3 is 2.21 bits per heavy atom. The average molecular weight is 204 g/mol. The van der Waals surface area contributed by atoms with E-state index in [4.69, 9.17) is 18.9 Å². The maximum atomic E-state index is 5.41. The van der Waals surface area contributed by atoms with E-state index in [0.29, 0.717) is 26.4 Å². The van der Waals surface area contributed by atoms with Gasteiger partial charge in [0.1, 0.15) is 0 Å². The van der Waals surface area contributed by atoms with Crippen LogP contribution in [0.1, 0.15) is 26.7 Å². The Hall–Kier alpha value is -0.160. The summed E-state index contributed by atoms with van der Waals surface area (Å²) in [5, 5.41) is 0. The van der Waals surface area contributed by atoms with E-state index in [1.165, 1.54) is 0 Å². The fraction of sp³-hybridized carbons (Fsp3) is 1.00. The Morgan fingerprint density at radius 1 is 1.14 bits per heavy atom. The molecule has 0 aliphatic carbocycles. The second-order valence-corrected chi connectivity index (χ2v) is 3.09. The van der Waals surface area contributed by atoms with Crippen LogP contribution < -0.4 is 0 Å². The molecule has 4 nitrogen and oxygen atoms in total. The van der Waals surface area contributed by atoms with E-state index >= 15 is 0 Å². The van der Waals surface area contributed by atoms with E-state index in [0.717, 1.165) is 12.8 Å². The van der Waals surface area contributed by atoms with Crippen molar-refractivity contribution in [2.45, 2.75) is 39.3 Å². The third-order valence-electron chi connectivity index (χ3n) is 2.03. The number of ether oxygens (including phenoxy) is 4. The molecule has 0 atom stereocenters. The summed E-state index contributed by atoms with van der Waals surface area (Å²) < 4.78 is 21.5. The van der Waals surface area contributed by atoms with Crippen molar-refractivity contribution in [3.05, 3.63) is 0 Å². The first-order valence-electron chi connectivity index (χ1n) is 5.33. The maximum Gasteiger partial charge on any atom is 0.157 e. The molecule has 0 spiro atoms. The lowest BCUT2D eigenvalue weighted by Crippen LogP contribution is -2.20. The fourth-order valence-electron chi connectivity index (χ4n) is 1.43. The van der Waals surface area contributed by atoms with E-state index < -0.39 is 0 Å². The molecule has 4 heteroatoms. The standard InChI is InChI=1S/C10H20O4/c1-3-11-9(12-4-2)5-6-10-13-7-8-14-10/h9-10H,3-8H2,1-2H3. The van der Waals surface area contributed by atoms with Gasteiger partial charge in [-0.3, -0.25) is 0 Å². The molecule has 0 aromatic rings. The molecule has 14 heavy (non-hydrogen) atoms. The van der Waals surface area contributed by atoms with Gasteiger partial charge >= 0.3 is 0 Å². The lowest BCUT2D eigenvalue weighted by Gasteiger charge is -2.18. The van der Waals surface area contributed by atoms with Gasteiger partial charge in [0.25, 0.3) is 0 Å². The van der Waals surface area contributed by atoms with Gasteiger partial charge in [0, 0.05) is 26.1 Å². The molecule has 0 N–H and O–H groups in total. The minimum absolute atomic E-state index is 0.0570. The Bertz CT molecular complexity index is 128. The van der Waals surface area contributed by atoms with Crippen molar-refractivity contribution in [1.29, 1.82) is 0 Å². The van der Waals surface area contributed by atoms with Gasteiger partial charge in [0.2, 0.25) is 0 Å². The maximum absolute atomic E-state index is 5.41. The topological polar surface area (TPSA) is 36.9 Å². The highest BCUT2D eigenvalue weighted by molar-refractivity contribution is 4.55. The summed E-state index contributed by atoms with van der Waals surface area (Å²) in [7, 11) is 0. The van der Waals surface area contributed by atoms with Crippen molar-refractivity contribution in [2.75, 3.05) is 26.4 Å². The van der Waals surface area contributed by atoms with Gasteiger partial charge in [-0.05, 0) is 13.8 Å². The molecule has 1 heterocycles. The molecule has 1 aliphatic rings. The molecule has 0 bridgehead atoms. The van der Waals surface area contributed by atoms with Crippen molar-refractivity contribution in [2.24, 2.45) is 0 Å². The molecular formula is C10H20O4. The number of rotatable bonds is 7. The van der Waals surface area contributed by atoms with Gasteiger partial charge in [-0.1, -0.05) is 0 Å². The Balaban J connectivity index is 2.10. The highest BCUT2D eigenvalue weighted by Gasteiger charge is 2.18. The van der Waals surface area contributed by atoms with Gasteiger partial charge < -0.3 is 18.9 Å². The quantitative estimate of drug-likeness (QED) is 0.589. The molecular weight excluding hydrogens is 184 g/mol. The molecule has 0 aromatic heterocycles. The fourth-order valence-corrected chi connectivity index (χ4v) is 1.43. The van der Waals surface area contributed by atoms with E-state index in [-0.39, 0.29) is 12.6 Å². The largest absolute Gasteiger partial charge is 0.353 e. The Morgan fingerprint density at radius 2 is 1.71 bits per heavy atom. The zero-order valence-corrected chi connectivity index (χ0v) is 9.03. The van der Waals surface area contributed by atoms with Crippen LogP contribution in [0.4, 0.5) is 0 Å². The zero-order valence-electron chi connectivity index (χ0n) is 9.03. The molecule has 0 aromatic carbocycles. The normalized spacial score (nSPS) is 18.2. The Labute approximate surface area is 85.5 Å². The summed E-state index contributed by atoms with van der Waals surface area (Å²) in [5.41, 5.74) is 0. The number of hydrogen-bond donors (Lipinski definition) is 0. The minimum atomic E-state index is -0.113. The van der Waals surface area contributed by atoms with Crippen molar-refractivity contribution in [3.8, 4) is 0 Å².